The molecule has 1 fully saturated rings. The van der Waals surface area contributed by atoms with Crippen molar-refractivity contribution in [3.8, 4) is 17.3 Å². The van der Waals surface area contributed by atoms with E-state index in [-0.39, 0.29) is 23.1 Å². The predicted molar refractivity (Wildman–Crippen MR) is 171 cm³/mol. The van der Waals surface area contributed by atoms with Gasteiger partial charge in [0.15, 0.2) is 5.65 Å². The van der Waals surface area contributed by atoms with Crippen molar-refractivity contribution in [3.05, 3.63) is 54.0 Å². The van der Waals surface area contributed by atoms with E-state index in [4.69, 9.17) is 15.0 Å². The minimum atomic E-state index is -1.14. The number of anilines is 2. The van der Waals surface area contributed by atoms with Crippen LogP contribution in [0.4, 0.5) is 21.2 Å². The lowest BCUT2D eigenvalue weighted by atomic mass is 9.86. The van der Waals surface area contributed by atoms with Crippen LogP contribution in [-0.4, -0.2) is 65.2 Å². The Balaban J connectivity index is 1.42. The van der Waals surface area contributed by atoms with E-state index in [9.17, 15) is 14.7 Å². The maximum absolute atomic E-state index is 12.5. The van der Waals surface area contributed by atoms with Crippen molar-refractivity contribution in [2.24, 2.45) is 0 Å². The number of hydrogen-bond donors (Lipinski definition) is 2. The standard InChI is InChI=1S/C33H40N8O4/c1-32(2,3)25-20-41(30(42)43)28-26(25)27(23-18-35-40(19-23)15-7-14-34)37-29(38-28)36-24-10-8-21(9-11-24)22-12-16-39(17-13-22)31(44)45-33(4,5)6/h8-11,18-20,22H,7,12-13,15-17H2,1-6H3,(H,42,43)(H,36,37,38). The second kappa shape index (κ2) is 12.2. The molecule has 1 amide bonds. The summed E-state index contributed by atoms with van der Waals surface area (Å²) in [6.07, 6.45) is 5.70. The minimum absolute atomic E-state index is 0.252. The summed E-state index contributed by atoms with van der Waals surface area (Å²) in [5.74, 6) is 0.575. The normalized spacial score (nSPS) is 14.4. The number of benzene rings is 1. The van der Waals surface area contributed by atoms with Crippen molar-refractivity contribution < 1.29 is 19.4 Å². The molecule has 0 atom stereocenters. The Kier molecular flexibility index (Phi) is 8.56. The van der Waals surface area contributed by atoms with Gasteiger partial charge in [0.25, 0.3) is 0 Å². The molecule has 0 saturated carbocycles. The molecule has 0 bridgehead atoms. The maximum atomic E-state index is 12.5. The smallest absolute Gasteiger partial charge is 0.417 e. The number of hydrogen-bond acceptors (Lipinski definition) is 8. The molecule has 4 heterocycles. The first-order valence-corrected chi connectivity index (χ1v) is 15.1. The second-order valence-electron chi connectivity index (χ2n) is 13.4. The van der Waals surface area contributed by atoms with Crippen molar-refractivity contribution in [2.75, 3.05) is 18.4 Å². The quantitative estimate of drug-likeness (QED) is 0.237. The van der Waals surface area contributed by atoms with Gasteiger partial charge < -0.3 is 20.1 Å². The number of likely N-dealkylation sites (tertiary alicyclic amines) is 1. The van der Waals surface area contributed by atoms with E-state index in [1.54, 1.807) is 22.0 Å². The first-order valence-electron chi connectivity index (χ1n) is 15.1. The molecule has 0 spiro atoms. The zero-order valence-corrected chi connectivity index (χ0v) is 26.7. The maximum Gasteiger partial charge on any atom is 0.417 e. The van der Waals surface area contributed by atoms with Gasteiger partial charge in [-0.15, -0.1) is 0 Å². The van der Waals surface area contributed by atoms with E-state index in [1.165, 1.54) is 5.56 Å². The third kappa shape index (κ3) is 7.09. The zero-order valence-electron chi connectivity index (χ0n) is 26.7. The summed E-state index contributed by atoms with van der Waals surface area (Å²) in [4.78, 5) is 36.1. The van der Waals surface area contributed by atoms with Crippen LogP contribution >= 0.6 is 0 Å². The molecular weight excluding hydrogens is 572 g/mol. The summed E-state index contributed by atoms with van der Waals surface area (Å²) >= 11 is 0. The molecule has 3 aromatic heterocycles. The number of piperidine rings is 1. The van der Waals surface area contributed by atoms with Crippen LogP contribution in [0, 0.1) is 11.3 Å². The summed E-state index contributed by atoms with van der Waals surface area (Å²) in [6, 6.07) is 10.2. The monoisotopic (exact) mass is 612 g/mol. The Labute approximate surface area is 262 Å². The van der Waals surface area contributed by atoms with Crippen LogP contribution in [0.3, 0.4) is 0 Å². The lowest BCUT2D eigenvalue weighted by Gasteiger charge is -2.33. The van der Waals surface area contributed by atoms with Gasteiger partial charge in [-0.05, 0) is 68.2 Å². The van der Waals surface area contributed by atoms with Crippen LogP contribution in [0.5, 0.6) is 0 Å². The van der Waals surface area contributed by atoms with Crippen LogP contribution in [-0.2, 0) is 16.7 Å². The van der Waals surface area contributed by atoms with E-state index >= 15 is 0 Å². The van der Waals surface area contributed by atoms with Gasteiger partial charge in [0.1, 0.15) is 5.60 Å². The number of ether oxygens (including phenoxy) is 1. The first-order chi connectivity index (χ1) is 21.2. The number of nitrogens with zero attached hydrogens (tertiary/aromatic N) is 7. The molecule has 1 aliphatic rings. The molecule has 0 aliphatic carbocycles. The van der Waals surface area contributed by atoms with E-state index in [0.29, 0.717) is 48.6 Å². The third-order valence-corrected chi connectivity index (χ3v) is 7.80. The lowest BCUT2D eigenvalue weighted by Crippen LogP contribution is -2.41. The predicted octanol–water partition coefficient (Wildman–Crippen LogP) is 6.89. The topological polar surface area (TPSA) is 151 Å². The fraction of sp³-hybridized carbons (Fsp3) is 0.455. The molecule has 12 nitrogen and oxygen atoms in total. The van der Waals surface area contributed by atoms with Crippen LogP contribution in [0.2, 0.25) is 0 Å². The van der Waals surface area contributed by atoms with Gasteiger partial charge >= 0.3 is 12.2 Å². The van der Waals surface area contributed by atoms with Crippen LogP contribution in [0.15, 0.2) is 42.9 Å². The molecule has 236 valence electrons. The zero-order chi connectivity index (χ0) is 32.5. The highest BCUT2D eigenvalue weighted by Crippen LogP contribution is 2.38. The van der Waals surface area contributed by atoms with E-state index in [0.717, 1.165) is 28.7 Å². The van der Waals surface area contributed by atoms with Crippen molar-refractivity contribution in [2.45, 2.75) is 84.3 Å². The highest BCUT2D eigenvalue weighted by atomic mass is 16.6. The average Bonchev–Trinajstić information content (AvgIpc) is 3.61. The van der Waals surface area contributed by atoms with Gasteiger partial charge in [-0.25, -0.2) is 19.1 Å². The van der Waals surface area contributed by atoms with Gasteiger partial charge in [0.2, 0.25) is 5.95 Å². The van der Waals surface area contributed by atoms with Crippen LogP contribution < -0.4 is 5.32 Å². The molecule has 4 aromatic rings. The summed E-state index contributed by atoms with van der Waals surface area (Å²) in [6.45, 7) is 13.4. The molecule has 1 saturated heterocycles. The summed E-state index contributed by atoms with van der Waals surface area (Å²) in [7, 11) is 0. The van der Waals surface area contributed by atoms with Gasteiger partial charge in [-0.1, -0.05) is 32.9 Å². The van der Waals surface area contributed by atoms with Gasteiger partial charge in [0, 0.05) is 42.1 Å². The number of aryl methyl sites for hydroxylation is 1. The Morgan fingerprint density at radius 3 is 2.36 bits per heavy atom. The second-order valence-corrected chi connectivity index (χ2v) is 13.4. The van der Waals surface area contributed by atoms with E-state index in [1.807, 2.05) is 59.9 Å². The highest BCUT2D eigenvalue weighted by Gasteiger charge is 2.29. The van der Waals surface area contributed by atoms with Crippen molar-refractivity contribution in [1.82, 2.24) is 29.2 Å². The number of carbonyl (C=O) groups excluding carboxylic acids is 1. The molecule has 1 aliphatic heterocycles. The Morgan fingerprint density at radius 1 is 1.07 bits per heavy atom. The number of rotatable bonds is 6. The van der Waals surface area contributed by atoms with E-state index < -0.39 is 11.7 Å². The molecule has 1 aromatic carbocycles. The Hall–Kier alpha value is -4.92. The van der Waals surface area contributed by atoms with Crippen LogP contribution in [0.25, 0.3) is 22.3 Å². The molecule has 2 N–H and O–H groups in total. The molecule has 5 rings (SSSR count). The van der Waals surface area contributed by atoms with Gasteiger partial charge in [-0.3, -0.25) is 4.68 Å². The molecule has 12 heteroatoms. The number of aromatic nitrogens is 5. The van der Waals surface area contributed by atoms with Crippen molar-refractivity contribution in [1.29, 1.82) is 5.26 Å². The number of carboxylic acid groups (broad SMARTS) is 1. The first kappa shape index (κ1) is 31.5. The van der Waals surface area contributed by atoms with Crippen molar-refractivity contribution >= 4 is 34.9 Å². The van der Waals surface area contributed by atoms with Gasteiger partial charge in [-0.2, -0.15) is 15.3 Å². The number of nitrogens with one attached hydrogen (secondary N) is 1. The minimum Gasteiger partial charge on any atom is -0.464 e. The summed E-state index contributed by atoms with van der Waals surface area (Å²) < 4.78 is 8.35. The number of fused-ring (bicyclic) bond motifs is 1. The number of amides is 1. The fourth-order valence-electron chi connectivity index (χ4n) is 5.57. The lowest BCUT2D eigenvalue weighted by molar-refractivity contribution is 0.0204. The number of nitriles is 1. The SMILES string of the molecule is CC(C)(C)OC(=O)N1CCC(c2ccc(Nc3nc(-c4cnn(CCC#N)c4)c4c(C(C)(C)C)cn(C(=O)O)c4n3)cc2)CC1. The average molecular weight is 613 g/mol. The molecular formula is C33H40N8O4. The summed E-state index contributed by atoms with van der Waals surface area (Å²) in [5.41, 5.74) is 3.37. The summed E-state index contributed by atoms with van der Waals surface area (Å²) in [5, 5.41) is 27.4. The molecule has 0 unspecified atom stereocenters. The number of carbonyl (C=O) groups is 2. The fourth-order valence-corrected chi connectivity index (χ4v) is 5.57. The van der Waals surface area contributed by atoms with Crippen molar-refractivity contribution in [3.63, 3.8) is 0 Å². The molecule has 45 heavy (non-hydrogen) atoms. The largest absolute Gasteiger partial charge is 0.464 e. The third-order valence-electron chi connectivity index (χ3n) is 7.80. The molecule has 0 radical (unpaired) electrons. The Morgan fingerprint density at radius 2 is 1.76 bits per heavy atom. The Bertz CT molecular complexity index is 1740. The van der Waals surface area contributed by atoms with E-state index in [2.05, 4.69) is 33.6 Å². The van der Waals surface area contributed by atoms with Crippen LogP contribution in [0.1, 0.15) is 77.8 Å². The highest BCUT2D eigenvalue weighted by molar-refractivity contribution is 5.99. The van der Waals surface area contributed by atoms with Gasteiger partial charge in [0.05, 0.1) is 30.9 Å².